The van der Waals surface area contributed by atoms with Crippen molar-refractivity contribution in [2.45, 2.75) is 65.8 Å². The fourth-order valence-electron chi connectivity index (χ4n) is 3.09. The number of unbranched alkanes of at least 4 members (excludes halogenated alkanes) is 1. The van der Waals surface area contributed by atoms with E-state index in [-0.39, 0.29) is 178 Å². The van der Waals surface area contributed by atoms with Gasteiger partial charge in [-0.2, -0.15) is 0 Å². The molecule has 1 aromatic rings. The second-order valence-electron chi connectivity index (χ2n) is 8.65. The Hall–Kier alpha value is 0.540. The third-order valence-corrected chi connectivity index (χ3v) is 5.27. The molecule has 0 saturated heterocycles. The SMILES string of the molecule is CC(=O)CC(=O)Cc1ccc(C[N-]C(=O)COCCC[N-]C(=O)NCCCCC(C)C(C)=O)cc1.[Rb+].[Rb+]. The zero-order valence-corrected chi connectivity index (χ0v) is 32.8. The Morgan fingerprint density at radius 3 is 2.19 bits per heavy atom. The van der Waals surface area contributed by atoms with Gasteiger partial charge in [0, 0.05) is 18.9 Å². The molecule has 11 heteroatoms. The van der Waals surface area contributed by atoms with Crippen LogP contribution in [0.15, 0.2) is 24.3 Å². The van der Waals surface area contributed by atoms with Gasteiger partial charge < -0.3 is 25.5 Å². The summed E-state index contributed by atoms with van der Waals surface area (Å²) in [5.41, 5.74) is 1.65. The maximum Gasteiger partial charge on any atom is 1.00 e. The Morgan fingerprint density at radius 1 is 0.919 bits per heavy atom. The van der Waals surface area contributed by atoms with Crippen LogP contribution in [-0.4, -0.2) is 55.6 Å². The van der Waals surface area contributed by atoms with Crippen LogP contribution in [0.5, 0.6) is 0 Å². The summed E-state index contributed by atoms with van der Waals surface area (Å²) in [6.07, 6.45) is 3.17. The molecule has 0 aliphatic heterocycles. The van der Waals surface area contributed by atoms with Gasteiger partial charge in [-0.1, -0.05) is 56.1 Å². The summed E-state index contributed by atoms with van der Waals surface area (Å²) in [5, 5.41) is 10.6. The van der Waals surface area contributed by atoms with Crippen molar-refractivity contribution in [1.29, 1.82) is 0 Å². The number of nitrogens with one attached hydrogen (secondary N) is 1. The van der Waals surface area contributed by atoms with Crippen LogP contribution in [0.1, 0.15) is 64.0 Å². The average molecular weight is 659 g/mol. The van der Waals surface area contributed by atoms with Gasteiger partial charge in [0.25, 0.3) is 0 Å². The molecule has 1 unspecified atom stereocenters. The molecular weight excluding hydrogens is 621 g/mol. The van der Waals surface area contributed by atoms with Crippen LogP contribution >= 0.6 is 0 Å². The molecule has 0 aliphatic carbocycles. The summed E-state index contributed by atoms with van der Waals surface area (Å²) >= 11 is 0. The first-order chi connectivity index (χ1) is 16.7. The molecule has 0 aromatic heterocycles. The number of hydrogen-bond acceptors (Lipinski definition) is 6. The van der Waals surface area contributed by atoms with E-state index in [9.17, 15) is 24.0 Å². The molecule has 0 radical (unpaired) electrons. The Kier molecular flexibility index (Phi) is 26.1. The van der Waals surface area contributed by atoms with Gasteiger partial charge in [-0.15, -0.1) is 6.54 Å². The van der Waals surface area contributed by atoms with Gasteiger partial charge in [0.2, 0.25) is 0 Å². The summed E-state index contributed by atoms with van der Waals surface area (Å²) < 4.78 is 5.29. The van der Waals surface area contributed by atoms with Crippen molar-refractivity contribution < 1.29 is 145 Å². The molecule has 0 aliphatic rings. The average Bonchev–Trinajstić information content (AvgIpc) is 2.79. The van der Waals surface area contributed by atoms with Crippen molar-refractivity contribution in [2.75, 3.05) is 26.3 Å². The van der Waals surface area contributed by atoms with Crippen molar-refractivity contribution in [2.24, 2.45) is 5.92 Å². The monoisotopic (exact) mass is 657 g/mol. The molecule has 0 saturated carbocycles. The molecule has 0 bridgehead atoms. The molecule has 9 nitrogen and oxygen atoms in total. The van der Waals surface area contributed by atoms with Crippen molar-refractivity contribution in [3.8, 4) is 0 Å². The predicted molar refractivity (Wildman–Crippen MR) is 133 cm³/mol. The first-order valence-electron chi connectivity index (χ1n) is 12.0. The normalized spacial score (nSPS) is 10.8. The molecule has 1 N–H and O–H groups in total. The van der Waals surface area contributed by atoms with Gasteiger partial charge in [-0.3, -0.25) is 19.2 Å². The number of ketones is 3. The van der Waals surface area contributed by atoms with Crippen LogP contribution < -0.4 is 122 Å². The van der Waals surface area contributed by atoms with Gasteiger partial charge in [-0.25, -0.2) is 0 Å². The first kappa shape index (κ1) is 39.7. The van der Waals surface area contributed by atoms with Gasteiger partial charge in [0.05, 0.1) is 18.9 Å². The van der Waals surface area contributed by atoms with Crippen LogP contribution in [0.25, 0.3) is 10.6 Å². The van der Waals surface area contributed by atoms with Crippen molar-refractivity contribution in [3.05, 3.63) is 46.0 Å². The number of Topliss-reactive ketones (excluding diaryl/α,β-unsaturated/α-hetero) is 3. The predicted octanol–water partition coefficient (Wildman–Crippen LogP) is -1.93. The molecule has 0 fully saturated rings. The number of urea groups is 1. The number of nitrogens with zero attached hydrogens (tertiary/aromatic N) is 2. The number of ether oxygens (including phenoxy) is 1. The van der Waals surface area contributed by atoms with Crippen LogP contribution in [-0.2, 0) is 36.9 Å². The second-order valence-corrected chi connectivity index (χ2v) is 8.65. The summed E-state index contributed by atoms with van der Waals surface area (Å²) in [4.78, 5) is 57.3. The van der Waals surface area contributed by atoms with Crippen LogP contribution in [0.2, 0.25) is 0 Å². The standard InChI is InChI=1S/C26H39N3O6.2Rb/c1-19(21(3)31)7-4-5-12-27-26(34)28-13-6-14-35-18-25(33)29-17-23-10-8-22(9-11-23)16-24(32)15-20(2)30;;/h8-11,19H,4-7,12-18H2,1-3H3,(H3,27,28,29,33,34);;/q;2*+1/p-2. The van der Waals surface area contributed by atoms with E-state index in [1.54, 1.807) is 31.2 Å². The Balaban J connectivity index is 0. The molecule has 3 amide bonds. The van der Waals surface area contributed by atoms with Gasteiger partial charge in [-0.05, 0) is 38.8 Å². The summed E-state index contributed by atoms with van der Waals surface area (Å²) in [7, 11) is 0. The summed E-state index contributed by atoms with van der Waals surface area (Å²) in [6, 6.07) is 6.81. The minimum atomic E-state index is -0.375. The van der Waals surface area contributed by atoms with Crippen LogP contribution in [0, 0.1) is 5.92 Å². The molecule has 0 spiro atoms. The Bertz CT molecular complexity index is 849. The van der Waals surface area contributed by atoms with E-state index in [0.29, 0.717) is 26.1 Å². The summed E-state index contributed by atoms with van der Waals surface area (Å²) in [6.45, 7) is 6.10. The van der Waals surface area contributed by atoms with E-state index in [1.807, 2.05) is 6.92 Å². The molecule has 1 rings (SSSR count). The van der Waals surface area contributed by atoms with Gasteiger partial charge in [0.1, 0.15) is 17.3 Å². The number of amides is 3. The quantitative estimate of drug-likeness (QED) is 0.144. The van der Waals surface area contributed by atoms with E-state index >= 15 is 0 Å². The van der Waals surface area contributed by atoms with E-state index < -0.39 is 0 Å². The van der Waals surface area contributed by atoms with E-state index in [4.69, 9.17) is 4.74 Å². The fourth-order valence-corrected chi connectivity index (χ4v) is 3.09. The fraction of sp³-hybridized carbons (Fsp3) is 0.577. The molecular formula is C26H37N3O6Rb2. The number of rotatable bonds is 18. The van der Waals surface area contributed by atoms with E-state index in [2.05, 4.69) is 16.0 Å². The number of benzene rings is 1. The minimum absolute atomic E-state index is 0. The zero-order chi connectivity index (χ0) is 26.1. The van der Waals surface area contributed by atoms with Crippen LogP contribution in [0.3, 0.4) is 0 Å². The third kappa shape index (κ3) is 22.0. The number of hydrogen-bond donors (Lipinski definition) is 1. The van der Waals surface area contributed by atoms with Gasteiger partial charge in [0.15, 0.2) is 6.03 Å². The zero-order valence-electron chi connectivity index (χ0n) is 23.0. The third-order valence-electron chi connectivity index (χ3n) is 5.27. The van der Waals surface area contributed by atoms with E-state index in [1.165, 1.54) is 6.92 Å². The minimum Gasteiger partial charge on any atom is -0.648 e. The summed E-state index contributed by atoms with van der Waals surface area (Å²) in [5.74, 6) is -0.400. The molecule has 1 atom stereocenters. The topological polar surface area (TPSA) is 135 Å². The van der Waals surface area contributed by atoms with E-state index in [0.717, 1.165) is 30.4 Å². The largest absolute Gasteiger partial charge is 1.00 e. The maximum absolute atomic E-state index is 11.8. The molecule has 194 valence electrons. The maximum atomic E-state index is 11.8. The van der Waals surface area contributed by atoms with Crippen LogP contribution in [0.4, 0.5) is 4.79 Å². The Labute approximate surface area is 318 Å². The number of carbonyl (C=O) groups is 5. The molecule has 0 heterocycles. The van der Waals surface area contributed by atoms with Gasteiger partial charge >= 0.3 is 116 Å². The molecule has 1 aromatic carbocycles. The Morgan fingerprint density at radius 2 is 1.57 bits per heavy atom. The second kappa shape index (κ2) is 24.3. The number of carbonyl (C=O) groups excluding carboxylic acids is 5. The van der Waals surface area contributed by atoms with Crippen molar-refractivity contribution >= 4 is 29.3 Å². The first-order valence-corrected chi connectivity index (χ1v) is 12.0. The van der Waals surface area contributed by atoms with Crippen molar-refractivity contribution in [3.63, 3.8) is 0 Å². The smallest absolute Gasteiger partial charge is 0.648 e. The van der Waals surface area contributed by atoms with Crippen molar-refractivity contribution in [1.82, 2.24) is 5.32 Å². The molecule has 37 heavy (non-hydrogen) atoms.